The summed E-state index contributed by atoms with van der Waals surface area (Å²) < 4.78 is 20.7. The number of aliphatic carboxylic acids is 1. The van der Waals surface area contributed by atoms with E-state index in [1.807, 2.05) is 16.7 Å². The fourth-order valence-corrected chi connectivity index (χ4v) is 3.04. The van der Waals surface area contributed by atoms with E-state index >= 15 is 0 Å². The van der Waals surface area contributed by atoms with Gasteiger partial charge in [-0.15, -0.1) is 0 Å². The summed E-state index contributed by atoms with van der Waals surface area (Å²) in [6.07, 6.45) is 0.335. The van der Waals surface area contributed by atoms with Crippen molar-refractivity contribution in [3.63, 3.8) is 0 Å². The predicted octanol–water partition coefficient (Wildman–Crippen LogP) is 4.96. The number of aryl methyl sites for hydroxylation is 1. The van der Waals surface area contributed by atoms with Crippen LogP contribution in [0.25, 0.3) is 16.9 Å². The van der Waals surface area contributed by atoms with Crippen molar-refractivity contribution in [2.45, 2.75) is 12.8 Å². The Morgan fingerprint density at radius 1 is 1.15 bits per heavy atom. The highest BCUT2D eigenvalue weighted by Gasteiger charge is 2.17. The number of carboxylic acid groups (broad SMARTS) is 1. The van der Waals surface area contributed by atoms with Crippen LogP contribution in [0.5, 0.6) is 5.75 Å². The summed E-state index contributed by atoms with van der Waals surface area (Å²) in [6.45, 7) is 0. The van der Waals surface area contributed by atoms with Gasteiger partial charge in [0.05, 0.1) is 24.9 Å². The molecule has 0 amide bonds. The summed E-state index contributed by atoms with van der Waals surface area (Å²) in [4.78, 5) is 11.0. The van der Waals surface area contributed by atoms with Crippen molar-refractivity contribution in [2.75, 3.05) is 7.11 Å². The zero-order valence-electron chi connectivity index (χ0n) is 14.1. The SMILES string of the molecule is COc1ccc(Cl)cc1-n1c(CCC(=O)O)ccc1-c1ccc(F)cc1. The van der Waals surface area contributed by atoms with Crippen LogP contribution in [-0.2, 0) is 11.2 Å². The number of carboxylic acids is 1. The standard InChI is InChI=1S/C20H17ClFNO3/c1-26-19-10-4-14(21)12-18(19)23-16(8-11-20(24)25)7-9-17(23)13-2-5-15(22)6-3-13/h2-7,9-10,12H,8,11H2,1H3,(H,24,25). The van der Waals surface area contributed by atoms with Crippen molar-refractivity contribution in [3.8, 4) is 22.7 Å². The van der Waals surface area contributed by atoms with Crippen LogP contribution in [0.1, 0.15) is 12.1 Å². The molecule has 0 spiro atoms. The molecule has 0 bridgehead atoms. The quantitative estimate of drug-likeness (QED) is 0.664. The highest BCUT2D eigenvalue weighted by molar-refractivity contribution is 6.30. The maximum Gasteiger partial charge on any atom is 0.303 e. The summed E-state index contributed by atoms with van der Waals surface area (Å²) >= 11 is 6.18. The molecule has 1 N–H and O–H groups in total. The minimum absolute atomic E-state index is 0.00421. The van der Waals surface area contributed by atoms with Gasteiger partial charge in [-0.2, -0.15) is 0 Å². The maximum atomic E-state index is 13.3. The summed E-state index contributed by atoms with van der Waals surface area (Å²) in [5, 5.41) is 9.57. The van der Waals surface area contributed by atoms with Gasteiger partial charge < -0.3 is 14.4 Å². The van der Waals surface area contributed by atoms with Gasteiger partial charge in [0.15, 0.2) is 0 Å². The molecule has 0 aliphatic carbocycles. The van der Waals surface area contributed by atoms with Gasteiger partial charge in [0, 0.05) is 10.7 Å². The normalized spacial score (nSPS) is 10.7. The maximum absolute atomic E-state index is 13.3. The number of methoxy groups -OCH3 is 1. The van der Waals surface area contributed by atoms with E-state index in [1.165, 1.54) is 12.1 Å². The number of benzene rings is 2. The summed E-state index contributed by atoms with van der Waals surface area (Å²) in [5.74, 6) is -0.594. The van der Waals surface area contributed by atoms with E-state index in [9.17, 15) is 9.18 Å². The monoisotopic (exact) mass is 373 g/mol. The van der Waals surface area contributed by atoms with Crippen molar-refractivity contribution in [3.05, 3.63) is 71.1 Å². The second-order valence-electron chi connectivity index (χ2n) is 5.76. The van der Waals surface area contributed by atoms with E-state index in [-0.39, 0.29) is 12.2 Å². The number of hydrogen-bond acceptors (Lipinski definition) is 2. The summed E-state index contributed by atoms with van der Waals surface area (Å²) in [5.41, 5.74) is 3.10. The lowest BCUT2D eigenvalue weighted by molar-refractivity contribution is -0.136. The lowest BCUT2D eigenvalue weighted by Gasteiger charge is -2.17. The molecule has 1 heterocycles. The molecule has 1 aromatic heterocycles. The van der Waals surface area contributed by atoms with Crippen molar-refractivity contribution in [2.24, 2.45) is 0 Å². The summed E-state index contributed by atoms with van der Waals surface area (Å²) in [6, 6.07) is 15.1. The molecule has 134 valence electrons. The molecule has 3 rings (SSSR count). The van der Waals surface area contributed by atoms with Crippen LogP contribution in [0.3, 0.4) is 0 Å². The Morgan fingerprint density at radius 3 is 2.54 bits per heavy atom. The van der Waals surface area contributed by atoms with Crippen molar-refractivity contribution in [1.82, 2.24) is 4.57 Å². The highest BCUT2D eigenvalue weighted by atomic mass is 35.5. The third-order valence-corrected chi connectivity index (χ3v) is 4.31. The van der Waals surface area contributed by atoms with Gasteiger partial charge in [0.2, 0.25) is 0 Å². The molecule has 0 radical (unpaired) electrons. The van der Waals surface area contributed by atoms with E-state index in [0.717, 1.165) is 17.0 Å². The first-order valence-corrected chi connectivity index (χ1v) is 8.39. The molecule has 0 aliphatic rings. The zero-order chi connectivity index (χ0) is 18.7. The van der Waals surface area contributed by atoms with Crippen LogP contribution < -0.4 is 4.74 Å². The molecule has 4 nitrogen and oxygen atoms in total. The Balaban J connectivity index is 2.19. The Bertz CT molecular complexity index is 935. The molecule has 0 saturated heterocycles. The number of ether oxygens (including phenoxy) is 1. The number of hydrogen-bond donors (Lipinski definition) is 1. The molecule has 6 heteroatoms. The number of carbonyl (C=O) groups is 1. The lowest BCUT2D eigenvalue weighted by Crippen LogP contribution is -2.07. The van der Waals surface area contributed by atoms with E-state index in [2.05, 4.69) is 0 Å². The molecule has 0 aliphatic heterocycles. The van der Waals surface area contributed by atoms with E-state index in [0.29, 0.717) is 22.9 Å². The second-order valence-corrected chi connectivity index (χ2v) is 6.20. The average molecular weight is 374 g/mol. The molecule has 0 unspecified atom stereocenters. The minimum Gasteiger partial charge on any atom is -0.495 e. The van der Waals surface area contributed by atoms with E-state index < -0.39 is 5.97 Å². The van der Waals surface area contributed by atoms with Crippen LogP contribution in [0.4, 0.5) is 4.39 Å². The Labute approximate surface area is 155 Å². The van der Waals surface area contributed by atoms with Gasteiger partial charge in [0.1, 0.15) is 11.6 Å². The van der Waals surface area contributed by atoms with Crippen LogP contribution in [0.15, 0.2) is 54.6 Å². The van der Waals surface area contributed by atoms with Crippen LogP contribution in [0, 0.1) is 5.82 Å². The Morgan fingerprint density at radius 2 is 1.88 bits per heavy atom. The molecule has 0 fully saturated rings. The first-order chi connectivity index (χ1) is 12.5. The predicted molar refractivity (Wildman–Crippen MR) is 98.7 cm³/mol. The van der Waals surface area contributed by atoms with Gasteiger partial charge in [-0.25, -0.2) is 4.39 Å². The Hall–Kier alpha value is -2.79. The third-order valence-electron chi connectivity index (χ3n) is 4.08. The molecular weight excluding hydrogens is 357 g/mol. The molecule has 0 atom stereocenters. The van der Waals surface area contributed by atoms with Crippen molar-refractivity contribution in [1.29, 1.82) is 0 Å². The largest absolute Gasteiger partial charge is 0.495 e. The third kappa shape index (κ3) is 3.73. The van der Waals surface area contributed by atoms with Crippen molar-refractivity contribution >= 4 is 17.6 Å². The topological polar surface area (TPSA) is 51.5 Å². The number of nitrogens with zero attached hydrogens (tertiary/aromatic N) is 1. The first-order valence-electron chi connectivity index (χ1n) is 8.02. The van der Waals surface area contributed by atoms with Crippen molar-refractivity contribution < 1.29 is 19.0 Å². The fourth-order valence-electron chi connectivity index (χ4n) is 2.88. The lowest BCUT2D eigenvalue weighted by atomic mass is 10.1. The fraction of sp³-hybridized carbons (Fsp3) is 0.150. The minimum atomic E-state index is -0.876. The van der Waals surface area contributed by atoms with E-state index in [1.54, 1.807) is 37.4 Å². The average Bonchev–Trinajstić information content (AvgIpc) is 3.04. The van der Waals surface area contributed by atoms with Gasteiger partial charge in [0.25, 0.3) is 0 Å². The van der Waals surface area contributed by atoms with Gasteiger partial charge in [-0.1, -0.05) is 11.6 Å². The first kappa shape index (κ1) is 18.0. The van der Waals surface area contributed by atoms with Crippen LogP contribution >= 0.6 is 11.6 Å². The number of rotatable bonds is 6. The molecule has 3 aromatic rings. The van der Waals surface area contributed by atoms with Gasteiger partial charge in [-0.3, -0.25) is 4.79 Å². The summed E-state index contributed by atoms with van der Waals surface area (Å²) in [7, 11) is 1.56. The number of halogens is 2. The highest BCUT2D eigenvalue weighted by Crippen LogP contribution is 2.34. The smallest absolute Gasteiger partial charge is 0.303 e. The zero-order valence-corrected chi connectivity index (χ0v) is 14.8. The van der Waals surface area contributed by atoms with Crippen LogP contribution in [0.2, 0.25) is 5.02 Å². The molecule has 0 saturated carbocycles. The molecule has 26 heavy (non-hydrogen) atoms. The second kappa shape index (κ2) is 7.62. The van der Waals surface area contributed by atoms with Crippen LogP contribution in [-0.4, -0.2) is 22.8 Å². The Kier molecular flexibility index (Phi) is 5.28. The molecular formula is C20H17ClFNO3. The van der Waals surface area contributed by atoms with Gasteiger partial charge >= 0.3 is 5.97 Å². The molecule has 2 aromatic carbocycles. The van der Waals surface area contributed by atoms with Gasteiger partial charge in [-0.05, 0) is 66.6 Å². The van der Waals surface area contributed by atoms with E-state index in [4.69, 9.17) is 21.4 Å². The number of aromatic nitrogens is 1.